The number of phenols is 1. The Hall–Kier alpha value is -1.12. The molecule has 1 saturated carbocycles. The predicted octanol–water partition coefficient (Wildman–Crippen LogP) is 2.79. The molecule has 0 unspecified atom stereocenters. The fourth-order valence-corrected chi connectivity index (χ4v) is 2.21. The second kappa shape index (κ2) is 3.47. The van der Waals surface area contributed by atoms with E-state index < -0.39 is 5.54 Å². The van der Waals surface area contributed by atoms with Gasteiger partial charge in [0.2, 0.25) is 6.08 Å². The van der Waals surface area contributed by atoms with Gasteiger partial charge >= 0.3 is 0 Å². The van der Waals surface area contributed by atoms with Crippen molar-refractivity contribution in [3.05, 3.63) is 27.7 Å². The van der Waals surface area contributed by atoms with Crippen molar-refractivity contribution in [1.29, 1.82) is 0 Å². The minimum Gasteiger partial charge on any atom is -0.506 e. The first-order valence-corrected chi connectivity index (χ1v) is 5.47. The summed E-state index contributed by atoms with van der Waals surface area (Å²) in [6, 6.07) is 3.69. The molecule has 1 aliphatic carbocycles. The Morgan fingerprint density at radius 3 is 2.73 bits per heavy atom. The number of hydrogen-bond acceptors (Lipinski definition) is 3. The molecule has 0 aliphatic heterocycles. The van der Waals surface area contributed by atoms with Crippen LogP contribution in [0.2, 0.25) is 0 Å². The molecule has 0 bridgehead atoms. The van der Waals surface area contributed by atoms with E-state index in [2.05, 4.69) is 20.9 Å². The summed E-state index contributed by atoms with van der Waals surface area (Å²) in [5.41, 5.74) is 1.19. The predicted molar refractivity (Wildman–Crippen MR) is 59.6 cm³/mol. The highest BCUT2D eigenvalue weighted by atomic mass is 79.9. The van der Waals surface area contributed by atoms with Gasteiger partial charge in [0.25, 0.3) is 0 Å². The van der Waals surface area contributed by atoms with Crippen LogP contribution in [0.1, 0.15) is 24.0 Å². The van der Waals surface area contributed by atoms with E-state index >= 15 is 0 Å². The number of hydrogen-bond donors (Lipinski definition) is 1. The van der Waals surface area contributed by atoms with Crippen molar-refractivity contribution in [2.45, 2.75) is 25.3 Å². The largest absolute Gasteiger partial charge is 0.506 e. The molecule has 0 aromatic heterocycles. The molecule has 0 radical (unpaired) electrons. The molecule has 0 atom stereocenters. The molecule has 1 aliphatic rings. The molecule has 1 aromatic carbocycles. The maximum atomic E-state index is 10.4. The maximum absolute atomic E-state index is 10.4. The fraction of sp³-hybridized carbons (Fsp3) is 0.364. The van der Waals surface area contributed by atoms with Crippen molar-refractivity contribution < 1.29 is 9.90 Å². The third-order valence-corrected chi connectivity index (χ3v) is 3.43. The van der Waals surface area contributed by atoms with E-state index in [-0.39, 0.29) is 5.75 Å². The number of isocyanates is 1. The van der Waals surface area contributed by atoms with Crippen LogP contribution in [0.25, 0.3) is 0 Å². The van der Waals surface area contributed by atoms with Crippen LogP contribution in [-0.2, 0) is 10.3 Å². The van der Waals surface area contributed by atoms with Gasteiger partial charge in [0, 0.05) is 5.56 Å². The average Bonchev–Trinajstić information content (AvgIpc) is 2.94. The van der Waals surface area contributed by atoms with E-state index in [4.69, 9.17) is 0 Å². The fourth-order valence-electron chi connectivity index (χ4n) is 1.88. The third-order valence-electron chi connectivity index (χ3n) is 2.79. The second-order valence-electron chi connectivity index (χ2n) is 3.82. The summed E-state index contributed by atoms with van der Waals surface area (Å²) in [5.74, 6) is 0.187. The van der Waals surface area contributed by atoms with Gasteiger partial charge in [0.15, 0.2) is 0 Å². The number of phenolic OH excluding ortho intramolecular Hbond substituents is 1. The smallest absolute Gasteiger partial charge is 0.235 e. The van der Waals surface area contributed by atoms with Gasteiger partial charge < -0.3 is 5.11 Å². The lowest BCUT2D eigenvalue weighted by Crippen LogP contribution is -2.05. The Balaban J connectivity index is 2.62. The third kappa shape index (κ3) is 1.60. The van der Waals surface area contributed by atoms with Crippen LogP contribution in [0.15, 0.2) is 21.6 Å². The highest BCUT2D eigenvalue weighted by molar-refractivity contribution is 9.10. The van der Waals surface area contributed by atoms with Crippen molar-refractivity contribution in [3.8, 4) is 5.75 Å². The van der Waals surface area contributed by atoms with Crippen LogP contribution in [0.3, 0.4) is 0 Å². The minimum atomic E-state index is -0.514. The van der Waals surface area contributed by atoms with E-state index in [1.54, 1.807) is 12.1 Å². The van der Waals surface area contributed by atoms with Crippen LogP contribution in [0.5, 0.6) is 5.75 Å². The molecule has 15 heavy (non-hydrogen) atoms. The minimum absolute atomic E-state index is 0.187. The lowest BCUT2D eigenvalue weighted by atomic mass is 9.98. The number of aliphatic imine (C=N–C) groups is 1. The van der Waals surface area contributed by atoms with Gasteiger partial charge in [-0.15, -0.1) is 0 Å². The monoisotopic (exact) mass is 267 g/mol. The first-order valence-electron chi connectivity index (χ1n) is 4.68. The first-order chi connectivity index (χ1) is 7.10. The average molecular weight is 268 g/mol. The molecule has 0 saturated heterocycles. The molecular formula is C11H10BrNO2. The van der Waals surface area contributed by atoms with E-state index in [0.717, 1.165) is 24.0 Å². The molecule has 3 nitrogen and oxygen atoms in total. The summed E-state index contributed by atoms with van der Waals surface area (Å²) in [6.07, 6.45) is 3.19. The summed E-state index contributed by atoms with van der Waals surface area (Å²) in [7, 11) is 0. The van der Waals surface area contributed by atoms with E-state index in [9.17, 15) is 9.90 Å². The first kappa shape index (κ1) is 10.4. The summed E-state index contributed by atoms with van der Waals surface area (Å²) < 4.78 is 0.635. The Morgan fingerprint density at radius 1 is 1.53 bits per heavy atom. The lowest BCUT2D eigenvalue weighted by molar-refractivity contribution is 0.455. The molecule has 78 valence electrons. The molecule has 1 fully saturated rings. The van der Waals surface area contributed by atoms with Gasteiger partial charge in [-0.1, -0.05) is 6.07 Å². The van der Waals surface area contributed by atoms with E-state index in [1.807, 2.05) is 13.0 Å². The van der Waals surface area contributed by atoms with Gasteiger partial charge in [-0.25, -0.2) is 4.79 Å². The lowest BCUT2D eigenvalue weighted by Gasteiger charge is -2.14. The molecule has 1 aromatic rings. The molecule has 1 N–H and O–H groups in total. The molecular weight excluding hydrogens is 258 g/mol. The van der Waals surface area contributed by atoms with Crippen molar-refractivity contribution >= 4 is 22.0 Å². The van der Waals surface area contributed by atoms with Gasteiger partial charge in [-0.2, -0.15) is 4.99 Å². The maximum Gasteiger partial charge on any atom is 0.235 e. The van der Waals surface area contributed by atoms with Gasteiger partial charge in [-0.05, 0) is 47.3 Å². The highest BCUT2D eigenvalue weighted by Crippen LogP contribution is 2.54. The number of nitrogens with zero attached hydrogens (tertiary/aromatic N) is 1. The number of halogens is 1. The van der Waals surface area contributed by atoms with Crippen LogP contribution in [-0.4, -0.2) is 11.2 Å². The van der Waals surface area contributed by atoms with E-state index in [0.29, 0.717) is 4.47 Å². The number of benzene rings is 1. The number of rotatable bonds is 2. The number of carbonyl (C=O) groups excluding carboxylic acids is 1. The Kier molecular flexibility index (Phi) is 2.41. The van der Waals surface area contributed by atoms with Crippen molar-refractivity contribution in [3.63, 3.8) is 0 Å². The molecule has 0 amide bonds. The van der Waals surface area contributed by atoms with Crippen molar-refractivity contribution in [1.82, 2.24) is 0 Å². The standard InChI is InChI=1S/C11H10BrNO2/c1-7-2-3-8(12)10(15)9(7)11(4-5-11)13-6-14/h2-3,15H,4-5H2,1H3. The summed E-state index contributed by atoms with van der Waals surface area (Å²) >= 11 is 3.26. The zero-order valence-corrected chi connectivity index (χ0v) is 9.84. The van der Waals surface area contributed by atoms with Crippen LogP contribution < -0.4 is 0 Å². The normalized spacial score (nSPS) is 16.9. The Labute approximate surface area is 96.0 Å². The van der Waals surface area contributed by atoms with E-state index in [1.165, 1.54) is 0 Å². The topological polar surface area (TPSA) is 49.7 Å². The summed E-state index contributed by atoms with van der Waals surface area (Å²) in [6.45, 7) is 1.90. The SMILES string of the molecule is Cc1ccc(Br)c(O)c1C1(N=C=O)CC1. The van der Waals surface area contributed by atoms with Crippen LogP contribution in [0.4, 0.5) is 0 Å². The Bertz CT molecular complexity index is 460. The van der Waals surface area contributed by atoms with Gasteiger partial charge in [0.05, 0.1) is 4.47 Å². The van der Waals surface area contributed by atoms with Crippen LogP contribution >= 0.6 is 15.9 Å². The summed E-state index contributed by atoms with van der Waals surface area (Å²) in [4.78, 5) is 14.2. The molecule has 0 spiro atoms. The zero-order valence-electron chi connectivity index (χ0n) is 8.25. The molecule has 0 heterocycles. The van der Waals surface area contributed by atoms with Crippen molar-refractivity contribution in [2.75, 3.05) is 0 Å². The van der Waals surface area contributed by atoms with Crippen LogP contribution in [0, 0.1) is 6.92 Å². The zero-order chi connectivity index (χ0) is 11.1. The number of aromatic hydroxyl groups is 1. The van der Waals surface area contributed by atoms with Gasteiger partial charge in [0.1, 0.15) is 11.3 Å². The van der Waals surface area contributed by atoms with Crippen molar-refractivity contribution in [2.24, 2.45) is 4.99 Å². The molecule has 2 rings (SSSR count). The Morgan fingerprint density at radius 2 is 2.20 bits per heavy atom. The highest BCUT2D eigenvalue weighted by Gasteiger charge is 2.47. The quantitative estimate of drug-likeness (QED) is 0.662. The summed E-state index contributed by atoms with van der Waals surface area (Å²) in [5, 5.41) is 9.94. The van der Waals surface area contributed by atoms with Gasteiger partial charge in [-0.3, -0.25) is 0 Å². The number of aryl methyl sites for hydroxylation is 1. The second-order valence-corrected chi connectivity index (χ2v) is 4.68. The molecule has 4 heteroatoms.